The van der Waals surface area contributed by atoms with E-state index in [0.717, 1.165) is 3.79 Å². The fourth-order valence-electron chi connectivity index (χ4n) is 1.59. The normalized spacial score (nSPS) is 11.3. The van der Waals surface area contributed by atoms with Crippen molar-refractivity contribution >= 4 is 42.9 Å². The van der Waals surface area contributed by atoms with Crippen LogP contribution in [0.3, 0.4) is 0 Å². The first-order valence-corrected chi connectivity index (χ1v) is 8.84. The van der Waals surface area contributed by atoms with Gasteiger partial charge in [-0.3, -0.25) is 4.79 Å². The Hall–Kier alpha value is -1.18. The van der Waals surface area contributed by atoms with Crippen molar-refractivity contribution < 1.29 is 17.9 Å². The molecular formula is C13H11BrO4S2. The van der Waals surface area contributed by atoms with Crippen LogP contribution < -0.4 is 4.74 Å². The van der Waals surface area contributed by atoms with E-state index in [1.165, 1.54) is 30.6 Å². The molecule has 0 aliphatic rings. The lowest BCUT2D eigenvalue weighted by Gasteiger charge is -2.05. The van der Waals surface area contributed by atoms with Gasteiger partial charge in [-0.25, -0.2) is 8.42 Å². The van der Waals surface area contributed by atoms with Gasteiger partial charge >= 0.3 is 0 Å². The van der Waals surface area contributed by atoms with Gasteiger partial charge in [-0.05, 0) is 46.3 Å². The lowest BCUT2D eigenvalue weighted by molar-refractivity contribution is 0.102. The molecule has 0 spiro atoms. The van der Waals surface area contributed by atoms with Crippen LogP contribution in [0, 0.1) is 0 Å². The van der Waals surface area contributed by atoms with E-state index in [0.29, 0.717) is 10.6 Å². The van der Waals surface area contributed by atoms with Crippen molar-refractivity contribution in [2.24, 2.45) is 0 Å². The molecule has 20 heavy (non-hydrogen) atoms. The van der Waals surface area contributed by atoms with Crippen LogP contribution in [0.5, 0.6) is 5.75 Å². The minimum absolute atomic E-state index is 0.0841. The zero-order chi connectivity index (χ0) is 14.8. The highest BCUT2D eigenvalue weighted by atomic mass is 79.9. The number of ether oxygens (including phenoxy) is 1. The van der Waals surface area contributed by atoms with Gasteiger partial charge in [-0.2, -0.15) is 0 Å². The minimum atomic E-state index is -3.67. The molecule has 4 nitrogen and oxygen atoms in total. The molecule has 0 atom stereocenters. The Morgan fingerprint density at radius 2 is 2.05 bits per heavy atom. The second-order valence-electron chi connectivity index (χ2n) is 3.97. The van der Waals surface area contributed by atoms with Crippen molar-refractivity contribution in [1.29, 1.82) is 0 Å². The highest BCUT2D eigenvalue weighted by molar-refractivity contribution is 9.11. The third-order valence-electron chi connectivity index (χ3n) is 2.57. The van der Waals surface area contributed by atoms with Gasteiger partial charge in [-0.1, -0.05) is 6.07 Å². The number of benzene rings is 1. The van der Waals surface area contributed by atoms with Gasteiger partial charge < -0.3 is 4.74 Å². The third-order valence-corrected chi connectivity index (χ3v) is 5.85. The van der Waals surface area contributed by atoms with Crippen molar-refractivity contribution in [3.8, 4) is 5.75 Å². The summed E-state index contributed by atoms with van der Waals surface area (Å²) in [6.45, 7) is 0. The SMILES string of the molecule is COc1cccc(S(=O)(=O)CC(=O)c2ccc(Br)s2)c1. The van der Waals surface area contributed by atoms with Crippen molar-refractivity contribution in [1.82, 2.24) is 0 Å². The standard InChI is InChI=1S/C13H11BrO4S2/c1-18-9-3-2-4-10(7-9)20(16,17)8-11(15)12-5-6-13(14)19-12/h2-7H,8H2,1H3. The van der Waals surface area contributed by atoms with Gasteiger partial charge in [0.05, 0.1) is 20.7 Å². The van der Waals surface area contributed by atoms with Gasteiger partial charge in [0, 0.05) is 0 Å². The summed E-state index contributed by atoms with van der Waals surface area (Å²) in [6.07, 6.45) is 0. The fourth-order valence-corrected chi connectivity index (χ4v) is 4.25. The first-order chi connectivity index (χ1) is 9.42. The number of methoxy groups -OCH3 is 1. The molecule has 1 aromatic heterocycles. The molecule has 7 heteroatoms. The summed E-state index contributed by atoms with van der Waals surface area (Å²) in [7, 11) is -2.21. The molecule has 0 aliphatic carbocycles. The first-order valence-electron chi connectivity index (χ1n) is 5.58. The molecule has 0 radical (unpaired) electrons. The molecular weight excluding hydrogens is 364 g/mol. The highest BCUT2D eigenvalue weighted by Gasteiger charge is 2.21. The summed E-state index contributed by atoms with van der Waals surface area (Å²) in [5, 5.41) is 0. The Labute approximate surface area is 129 Å². The van der Waals surface area contributed by atoms with Crippen LogP contribution in [0.15, 0.2) is 45.1 Å². The van der Waals surface area contributed by atoms with Gasteiger partial charge in [0.15, 0.2) is 15.6 Å². The van der Waals surface area contributed by atoms with Crippen molar-refractivity contribution in [2.75, 3.05) is 12.9 Å². The number of rotatable bonds is 5. The molecule has 1 heterocycles. The maximum absolute atomic E-state index is 12.2. The largest absolute Gasteiger partial charge is 0.497 e. The van der Waals surface area contributed by atoms with Gasteiger partial charge in [-0.15, -0.1) is 11.3 Å². The Bertz CT molecular complexity index is 734. The van der Waals surface area contributed by atoms with Crippen LogP contribution >= 0.6 is 27.3 Å². The highest BCUT2D eigenvalue weighted by Crippen LogP contribution is 2.24. The molecule has 0 bridgehead atoms. The van der Waals surface area contributed by atoms with Gasteiger partial charge in [0.1, 0.15) is 11.5 Å². The lowest BCUT2D eigenvalue weighted by atomic mass is 10.3. The topological polar surface area (TPSA) is 60.4 Å². The summed E-state index contributed by atoms with van der Waals surface area (Å²) in [6, 6.07) is 9.42. The van der Waals surface area contributed by atoms with E-state index >= 15 is 0 Å². The van der Waals surface area contributed by atoms with Crippen molar-refractivity contribution in [3.05, 3.63) is 45.1 Å². The minimum Gasteiger partial charge on any atom is -0.497 e. The molecule has 0 saturated heterocycles. The molecule has 2 aromatic rings. The summed E-state index contributed by atoms with van der Waals surface area (Å²) < 4.78 is 30.2. The Kier molecular flexibility index (Phi) is 4.62. The van der Waals surface area contributed by atoms with Crippen LogP contribution in [0.25, 0.3) is 0 Å². The average molecular weight is 375 g/mol. The number of carbonyl (C=O) groups is 1. The second-order valence-corrected chi connectivity index (χ2v) is 8.42. The van der Waals surface area contributed by atoms with E-state index in [4.69, 9.17) is 4.74 Å². The van der Waals surface area contributed by atoms with E-state index in [-0.39, 0.29) is 4.90 Å². The summed E-state index contributed by atoms with van der Waals surface area (Å²) in [5.41, 5.74) is 0. The smallest absolute Gasteiger partial charge is 0.188 e. The van der Waals surface area contributed by atoms with Gasteiger partial charge in [0.2, 0.25) is 0 Å². The molecule has 0 N–H and O–H groups in total. The van der Waals surface area contributed by atoms with Crippen LogP contribution in [-0.4, -0.2) is 27.1 Å². The average Bonchev–Trinajstić information content (AvgIpc) is 2.85. The van der Waals surface area contributed by atoms with E-state index in [1.807, 2.05) is 0 Å². The zero-order valence-corrected chi connectivity index (χ0v) is 13.7. The van der Waals surface area contributed by atoms with Crippen LogP contribution in [-0.2, 0) is 9.84 Å². The van der Waals surface area contributed by atoms with E-state index in [2.05, 4.69) is 15.9 Å². The Balaban J connectivity index is 2.24. The van der Waals surface area contributed by atoms with Crippen LogP contribution in [0.1, 0.15) is 9.67 Å². The summed E-state index contributed by atoms with van der Waals surface area (Å²) in [4.78, 5) is 12.5. The number of thiophene rings is 1. The van der Waals surface area contributed by atoms with Crippen molar-refractivity contribution in [3.63, 3.8) is 0 Å². The van der Waals surface area contributed by atoms with Crippen LogP contribution in [0.4, 0.5) is 0 Å². The van der Waals surface area contributed by atoms with E-state index in [1.54, 1.807) is 24.3 Å². The number of Topliss-reactive ketones (excluding diaryl/α,β-unsaturated/α-hetero) is 1. The maximum atomic E-state index is 12.2. The second kappa shape index (κ2) is 6.07. The predicted octanol–water partition coefficient (Wildman–Crippen LogP) is 3.18. The number of sulfone groups is 1. The predicted molar refractivity (Wildman–Crippen MR) is 81.4 cm³/mol. The number of halogens is 1. The van der Waals surface area contributed by atoms with E-state index in [9.17, 15) is 13.2 Å². The van der Waals surface area contributed by atoms with E-state index < -0.39 is 21.4 Å². The Morgan fingerprint density at radius 1 is 1.30 bits per heavy atom. The molecule has 1 aromatic carbocycles. The molecule has 0 amide bonds. The molecule has 106 valence electrons. The first kappa shape index (κ1) is 15.2. The maximum Gasteiger partial charge on any atom is 0.188 e. The third kappa shape index (κ3) is 3.47. The molecule has 0 unspecified atom stereocenters. The lowest BCUT2D eigenvalue weighted by Crippen LogP contribution is -2.15. The van der Waals surface area contributed by atoms with Crippen LogP contribution in [0.2, 0.25) is 0 Å². The zero-order valence-electron chi connectivity index (χ0n) is 10.5. The summed E-state index contributed by atoms with van der Waals surface area (Å²) >= 11 is 4.46. The number of ketones is 1. The monoisotopic (exact) mass is 374 g/mol. The number of hydrogen-bond donors (Lipinski definition) is 0. The van der Waals surface area contributed by atoms with Crippen molar-refractivity contribution in [2.45, 2.75) is 4.90 Å². The Morgan fingerprint density at radius 3 is 2.65 bits per heavy atom. The quantitative estimate of drug-likeness (QED) is 0.754. The molecule has 2 rings (SSSR count). The molecule has 0 fully saturated rings. The summed E-state index contributed by atoms with van der Waals surface area (Å²) in [5.74, 6) is -0.520. The number of hydrogen-bond acceptors (Lipinski definition) is 5. The molecule has 0 saturated carbocycles. The number of carbonyl (C=O) groups excluding carboxylic acids is 1. The van der Waals surface area contributed by atoms with Gasteiger partial charge in [0.25, 0.3) is 0 Å². The molecule has 0 aliphatic heterocycles. The fraction of sp³-hybridized carbons (Fsp3) is 0.154.